The Morgan fingerprint density at radius 1 is 1.11 bits per heavy atom. The van der Waals surface area contributed by atoms with Crippen LogP contribution in [0.25, 0.3) is 0 Å². The summed E-state index contributed by atoms with van der Waals surface area (Å²) >= 11 is 0. The van der Waals surface area contributed by atoms with Gasteiger partial charge in [0.05, 0.1) is 11.3 Å². The Bertz CT molecular complexity index is 760. The number of esters is 1. The number of carbonyl (C=O) groups is 4. The maximum absolute atomic E-state index is 12.3. The molecule has 1 saturated carbocycles. The molecule has 28 heavy (non-hydrogen) atoms. The third-order valence-corrected chi connectivity index (χ3v) is 4.71. The number of ether oxygens (including phenoxy) is 1. The summed E-state index contributed by atoms with van der Waals surface area (Å²) < 4.78 is 5.00. The fourth-order valence-electron chi connectivity index (χ4n) is 3.02. The smallest absolute Gasteiger partial charge is 0.326 e. The second-order valence-electron chi connectivity index (χ2n) is 7.13. The number of benzene rings is 1. The number of rotatable bonds is 7. The van der Waals surface area contributed by atoms with E-state index in [-0.39, 0.29) is 24.4 Å². The quantitative estimate of drug-likeness (QED) is 0.689. The van der Waals surface area contributed by atoms with Gasteiger partial charge in [-0.05, 0) is 37.8 Å². The first kappa shape index (κ1) is 19.9. The van der Waals surface area contributed by atoms with Gasteiger partial charge in [0.2, 0.25) is 5.91 Å². The lowest BCUT2D eigenvalue weighted by atomic mass is 10.1. The molecule has 8 heteroatoms. The fraction of sp³-hybridized carbons (Fsp3) is 0.500. The molecule has 8 nitrogen and oxygen atoms in total. The van der Waals surface area contributed by atoms with Crippen LogP contribution in [-0.4, -0.2) is 54.3 Å². The molecule has 2 fully saturated rings. The van der Waals surface area contributed by atoms with Crippen molar-refractivity contribution < 1.29 is 23.9 Å². The Hall–Kier alpha value is -2.90. The van der Waals surface area contributed by atoms with Gasteiger partial charge in [-0.3, -0.25) is 19.2 Å². The molecule has 1 aliphatic heterocycles. The number of hydrogen-bond donors (Lipinski definition) is 2. The highest BCUT2D eigenvalue weighted by atomic mass is 16.5. The highest BCUT2D eigenvalue weighted by Gasteiger charge is 2.25. The van der Waals surface area contributed by atoms with E-state index in [2.05, 4.69) is 10.6 Å². The molecule has 0 spiro atoms. The summed E-state index contributed by atoms with van der Waals surface area (Å²) in [6.45, 7) is -0.0878. The number of para-hydroxylation sites is 1. The van der Waals surface area contributed by atoms with Crippen molar-refractivity contribution in [1.29, 1.82) is 0 Å². The molecule has 0 aromatic heterocycles. The number of nitrogens with zero attached hydrogens (tertiary/aromatic N) is 1. The minimum Gasteiger partial charge on any atom is -0.454 e. The first-order valence-electron chi connectivity index (χ1n) is 9.66. The van der Waals surface area contributed by atoms with Gasteiger partial charge in [0.25, 0.3) is 11.8 Å². The van der Waals surface area contributed by atoms with Crippen molar-refractivity contribution in [3.63, 3.8) is 0 Å². The molecular weight excluding hydrogens is 362 g/mol. The van der Waals surface area contributed by atoms with E-state index in [1.165, 1.54) is 4.90 Å². The molecule has 0 bridgehead atoms. The Labute approximate surface area is 163 Å². The lowest BCUT2D eigenvalue weighted by Gasteiger charge is -2.19. The molecular formula is C20H25N3O5. The van der Waals surface area contributed by atoms with Crippen LogP contribution in [0.1, 0.15) is 48.9 Å². The second-order valence-corrected chi connectivity index (χ2v) is 7.13. The average molecular weight is 387 g/mol. The predicted octanol–water partition coefficient (Wildman–Crippen LogP) is 1.46. The largest absolute Gasteiger partial charge is 0.454 e. The van der Waals surface area contributed by atoms with Gasteiger partial charge < -0.3 is 20.3 Å². The van der Waals surface area contributed by atoms with Crippen molar-refractivity contribution in [2.24, 2.45) is 0 Å². The van der Waals surface area contributed by atoms with Crippen LogP contribution in [-0.2, 0) is 19.1 Å². The lowest BCUT2D eigenvalue weighted by molar-refractivity contribution is -0.151. The average Bonchev–Trinajstić information content (AvgIpc) is 3.50. The molecule has 1 heterocycles. The van der Waals surface area contributed by atoms with E-state index in [1.54, 1.807) is 24.3 Å². The van der Waals surface area contributed by atoms with Gasteiger partial charge >= 0.3 is 5.97 Å². The molecule has 1 saturated heterocycles. The van der Waals surface area contributed by atoms with Crippen LogP contribution in [0.3, 0.4) is 0 Å². The summed E-state index contributed by atoms with van der Waals surface area (Å²) in [5.41, 5.74) is 0.730. The number of hydrogen-bond acceptors (Lipinski definition) is 5. The molecule has 2 aliphatic rings. The SMILES string of the molecule is O=C(COC(=O)CN1CCCCCC1=O)Nc1ccccc1C(=O)NC1CC1. The second kappa shape index (κ2) is 9.34. The third-order valence-electron chi connectivity index (χ3n) is 4.71. The Morgan fingerprint density at radius 3 is 2.68 bits per heavy atom. The molecule has 0 radical (unpaired) electrons. The summed E-state index contributed by atoms with van der Waals surface area (Å²) in [5, 5.41) is 5.48. The van der Waals surface area contributed by atoms with Crippen molar-refractivity contribution in [2.75, 3.05) is 25.0 Å². The van der Waals surface area contributed by atoms with Crippen LogP contribution >= 0.6 is 0 Å². The van der Waals surface area contributed by atoms with Gasteiger partial charge in [0, 0.05) is 19.0 Å². The Morgan fingerprint density at radius 2 is 1.89 bits per heavy atom. The summed E-state index contributed by atoms with van der Waals surface area (Å²) in [7, 11) is 0. The summed E-state index contributed by atoms with van der Waals surface area (Å²) in [5.74, 6) is -1.46. The molecule has 1 aliphatic carbocycles. The van der Waals surface area contributed by atoms with E-state index < -0.39 is 18.5 Å². The first-order chi connectivity index (χ1) is 13.5. The van der Waals surface area contributed by atoms with Crippen molar-refractivity contribution >= 4 is 29.4 Å². The minimum absolute atomic E-state index is 0.0606. The molecule has 1 aromatic rings. The zero-order chi connectivity index (χ0) is 19.9. The molecule has 150 valence electrons. The van der Waals surface area contributed by atoms with Gasteiger partial charge in [-0.2, -0.15) is 0 Å². The van der Waals surface area contributed by atoms with Crippen LogP contribution in [0.2, 0.25) is 0 Å². The molecule has 0 atom stereocenters. The molecule has 3 rings (SSSR count). The van der Waals surface area contributed by atoms with E-state index in [4.69, 9.17) is 4.74 Å². The molecule has 2 N–H and O–H groups in total. The van der Waals surface area contributed by atoms with Crippen molar-refractivity contribution in [3.8, 4) is 0 Å². The maximum atomic E-state index is 12.3. The van der Waals surface area contributed by atoms with Gasteiger partial charge in [0.15, 0.2) is 6.61 Å². The zero-order valence-corrected chi connectivity index (χ0v) is 15.7. The molecule has 3 amide bonds. The van der Waals surface area contributed by atoms with Crippen LogP contribution in [0, 0.1) is 0 Å². The number of likely N-dealkylation sites (tertiary alicyclic amines) is 1. The van der Waals surface area contributed by atoms with Crippen LogP contribution in [0.15, 0.2) is 24.3 Å². The Kier molecular flexibility index (Phi) is 6.62. The third kappa shape index (κ3) is 5.80. The monoisotopic (exact) mass is 387 g/mol. The predicted molar refractivity (Wildman–Crippen MR) is 102 cm³/mol. The highest BCUT2D eigenvalue weighted by molar-refractivity contribution is 6.04. The highest BCUT2D eigenvalue weighted by Crippen LogP contribution is 2.21. The van der Waals surface area contributed by atoms with Gasteiger partial charge in [0.1, 0.15) is 6.54 Å². The molecule has 0 unspecified atom stereocenters. The number of anilines is 1. The minimum atomic E-state index is -0.620. The first-order valence-corrected chi connectivity index (χ1v) is 9.66. The van der Waals surface area contributed by atoms with E-state index in [0.717, 1.165) is 32.1 Å². The summed E-state index contributed by atoms with van der Waals surface area (Å²) in [6, 6.07) is 6.89. The zero-order valence-electron chi connectivity index (χ0n) is 15.7. The van der Waals surface area contributed by atoms with Crippen LogP contribution < -0.4 is 10.6 Å². The molecule has 1 aromatic carbocycles. The summed E-state index contributed by atoms with van der Waals surface area (Å²) in [6.07, 6.45) is 5.03. The van der Waals surface area contributed by atoms with E-state index >= 15 is 0 Å². The maximum Gasteiger partial charge on any atom is 0.326 e. The van der Waals surface area contributed by atoms with Crippen LogP contribution in [0.5, 0.6) is 0 Å². The lowest BCUT2D eigenvalue weighted by Crippen LogP contribution is -2.36. The summed E-state index contributed by atoms with van der Waals surface area (Å²) in [4.78, 5) is 49.8. The number of amides is 3. The van der Waals surface area contributed by atoms with Crippen molar-refractivity contribution in [2.45, 2.75) is 44.6 Å². The van der Waals surface area contributed by atoms with E-state index in [9.17, 15) is 19.2 Å². The Balaban J connectivity index is 1.48. The van der Waals surface area contributed by atoms with Gasteiger partial charge in [-0.1, -0.05) is 18.6 Å². The number of carbonyl (C=O) groups excluding carboxylic acids is 4. The van der Waals surface area contributed by atoms with E-state index in [1.807, 2.05) is 0 Å². The van der Waals surface area contributed by atoms with Crippen molar-refractivity contribution in [1.82, 2.24) is 10.2 Å². The standard InChI is InChI=1S/C20H25N3O5/c24-17(13-28-19(26)12-23-11-5-1-2-8-18(23)25)22-16-7-4-3-6-15(16)20(27)21-14-9-10-14/h3-4,6-7,14H,1-2,5,8-13H2,(H,21,27)(H,22,24). The normalized spacial score (nSPS) is 16.9. The van der Waals surface area contributed by atoms with E-state index in [0.29, 0.717) is 24.2 Å². The van der Waals surface area contributed by atoms with Gasteiger partial charge in [-0.15, -0.1) is 0 Å². The van der Waals surface area contributed by atoms with Crippen LogP contribution in [0.4, 0.5) is 5.69 Å². The number of nitrogens with one attached hydrogen (secondary N) is 2. The topological polar surface area (TPSA) is 105 Å². The van der Waals surface area contributed by atoms with Gasteiger partial charge in [-0.25, -0.2) is 0 Å². The fourth-order valence-corrected chi connectivity index (χ4v) is 3.02. The van der Waals surface area contributed by atoms with Crippen molar-refractivity contribution in [3.05, 3.63) is 29.8 Å².